The predicted octanol–water partition coefficient (Wildman–Crippen LogP) is -0.0426. The van der Waals surface area contributed by atoms with Gasteiger partial charge in [0.05, 0.1) is 17.4 Å². The van der Waals surface area contributed by atoms with Gasteiger partial charge in [-0.15, -0.1) is 0 Å². The molecule has 18 heavy (non-hydrogen) atoms. The molecule has 2 rings (SSSR count). The van der Waals surface area contributed by atoms with Crippen LogP contribution < -0.4 is 10.6 Å². The van der Waals surface area contributed by atoms with Crippen molar-refractivity contribution >= 4 is 30.2 Å². The normalized spacial score (nSPS) is 22.7. The maximum atomic E-state index is 11.9. The first-order chi connectivity index (χ1) is 8.56. The largest absolute Gasteiger partial charge is 0.478 e. The molecule has 1 aromatic carbocycles. The second-order valence-corrected chi connectivity index (χ2v) is 5.07. The standard InChI is InChI=1S/C12H14N2O3S/c15-11(10-5-9(18)6-13-10)14-8-3-1-2-7(4-8)12(16)17/h1-4,9-10,13,18H,5-6H2,(H,14,15)(H,16,17)/p+1/t9?,10-/m0/s1. The molecular weight excluding hydrogens is 252 g/mol. The lowest BCUT2D eigenvalue weighted by Gasteiger charge is -2.09. The molecule has 0 spiro atoms. The minimum Gasteiger partial charge on any atom is -0.478 e. The van der Waals surface area contributed by atoms with E-state index in [1.165, 1.54) is 12.1 Å². The number of carboxylic acid groups (broad SMARTS) is 1. The highest BCUT2D eigenvalue weighted by molar-refractivity contribution is 7.81. The van der Waals surface area contributed by atoms with Gasteiger partial charge in [0.2, 0.25) is 0 Å². The van der Waals surface area contributed by atoms with Crippen molar-refractivity contribution in [1.82, 2.24) is 0 Å². The number of nitrogens with one attached hydrogen (secondary N) is 1. The summed E-state index contributed by atoms with van der Waals surface area (Å²) in [5.74, 6) is -1.11. The van der Waals surface area contributed by atoms with Gasteiger partial charge < -0.3 is 15.7 Å². The molecule has 4 N–H and O–H groups in total. The molecule has 1 amide bonds. The molecule has 1 unspecified atom stereocenters. The molecule has 1 aliphatic heterocycles. The Bertz CT molecular complexity index is 478. The fourth-order valence-electron chi connectivity index (χ4n) is 1.99. The molecular formula is C12H15N2O3S+. The number of aromatic carboxylic acids is 1. The Morgan fingerprint density at radius 2 is 2.22 bits per heavy atom. The van der Waals surface area contributed by atoms with Crippen LogP contribution in [0.3, 0.4) is 0 Å². The average Bonchev–Trinajstić information content (AvgIpc) is 2.76. The van der Waals surface area contributed by atoms with Crippen LogP contribution in [0.5, 0.6) is 0 Å². The van der Waals surface area contributed by atoms with Crippen molar-refractivity contribution in [1.29, 1.82) is 0 Å². The molecule has 1 aliphatic rings. The first kappa shape index (κ1) is 12.9. The fourth-order valence-corrected chi connectivity index (χ4v) is 2.33. The van der Waals surface area contributed by atoms with Crippen molar-refractivity contribution in [2.24, 2.45) is 0 Å². The highest BCUT2D eigenvalue weighted by Gasteiger charge is 2.31. The first-order valence-electron chi connectivity index (χ1n) is 5.72. The number of carboxylic acids is 1. The lowest BCUT2D eigenvalue weighted by atomic mass is 10.2. The van der Waals surface area contributed by atoms with Crippen LogP contribution in [0.2, 0.25) is 0 Å². The summed E-state index contributed by atoms with van der Waals surface area (Å²) in [6.45, 7) is 0.830. The third-order valence-electron chi connectivity index (χ3n) is 2.93. The van der Waals surface area contributed by atoms with E-state index in [2.05, 4.69) is 17.9 Å². The number of carbonyl (C=O) groups excluding carboxylic acids is 1. The van der Waals surface area contributed by atoms with Gasteiger partial charge in [0.15, 0.2) is 6.04 Å². The fraction of sp³-hybridized carbons (Fsp3) is 0.333. The number of quaternary nitrogens is 1. The number of benzene rings is 1. The van der Waals surface area contributed by atoms with Gasteiger partial charge in [-0.2, -0.15) is 12.6 Å². The van der Waals surface area contributed by atoms with E-state index < -0.39 is 5.97 Å². The van der Waals surface area contributed by atoms with Crippen molar-refractivity contribution in [3.05, 3.63) is 29.8 Å². The topological polar surface area (TPSA) is 83.0 Å². The molecule has 0 saturated carbocycles. The summed E-state index contributed by atoms with van der Waals surface area (Å²) in [6.07, 6.45) is 0.730. The van der Waals surface area contributed by atoms with Crippen LogP contribution in [0.15, 0.2) is 24.3 Å². The molecule has 2 atom stereocenters. The van der Waals surface area contributed by atoms with E-state index in [1.807, 2.05) is 5.32 Å². The molecule has 96 valence electrons. The van der Waals surface area contributed by atoms with Gasteiger partial charge in [-0.3, -0.25) is 4.79 Å². The first-order valence-corrected chi connectivity index (χ1v) is 6.23. The summed E-state index contributed by atoms with van der Waals surface area (Å²) in [4.78, 5) is 22.7. The molecule has 1 aromatic rings. The van der Waals surface area contributed by atoms with E-state index in [4.69, 9.17) is 5.11 Å². The summed E-state index contributed by atoms with van der Waals surface area (Å²) in [5, 5.41) is 13.8. The Labute approximate surface area is 110 Å². The van der Waals surface area contributed by atoms with Gasteiger partial charge in [0.1, 0.15) is 0 Å². The van der Waals surface area contributed by atoms with E-state index in [0.717, 1.165) is 13.0 Å². The number of amides is 1. The second-order valence-electron chi connectivity index (χ2n) is 4.34. The van der Waals surface area contributed by atoms with Crippen LogP contribution >= 0.6 is 12.6 Å². The van der Waals surface area contributed by atoms with Crippen molar-refractivity contribution in [3.8, 4) is 0 Å². The van der Waals surface area contributed by atoms with Gasteiger partial charge in [0, 0.05) is 12.1 Å². The third-order valence-corrected chi connectivity index (χ3v) is 3.35. The van der Waals surface area contributed by atoms with Crippen molar-refractivity contribution in [3.63, 3.8) is 0 Å². The summed E-state index contributed by atoms with van der Waals surface area (Å²) < 4.78 is 0. The Morgan fingerprint density at radius 3 is 2.83 bits per heavy atom. The van der Waals surface area contributed by atoms with Crippen LogP contribution in [0.4, 0.5) is 5.69 Å². The molecule has 5 nitrogen and oxygen atoms in total. The van der Waals surface area contributed by atoms with Crippen LogP contribution in [-0.4, -0.2) is 34.8 Å². The summed E-state index contributed by atoms with van der Waals surface area (Å²) >= 11 is 4.33. The van der Waals surface area contributed by atoms with Gasteiger partial charge in [-0.05, 0) is 18.2 Å². The lowest BCUT2D eigenvalue weighted by Crippen LogP contribution is -2.89. The summed E-state index contributed by atoms with van der Waals surface area (Å²) in [7, 11) is 0. The number of carbonyl (C=O) groups is 2. The van der Waals surface area contributed by atoms with Crippen molar-refractivity contribution in [2.75, 3.05) is 11.9 Å². The van der Waals surface area contributed by atoms with Crippen LogP contribution in [0, 0.1) is 0 Å². The SMILES string of the molecule is O=C(O)c1cccc(NC(=O)[C@@H]2CC(S)C[NH2+]2)c1. The maximum Gasteiger partial charge on any atom is 0.335 e. The molecule has 6 heteroatoms. The van der Waals surface area contributed by atoms with Crippen LogP contribution in [0.25, 0.3) is 0 Å². The number of rotatable bonds is 3. The highest BCUT2D eigenvalue weighted by atomic mass is 32.1. The second kappa shape index (κ2) is 5.41. The molecule has 0 radical (unpaired) electrons. The number of anilines is 1. The Hall–Kier alpha value is -1.53. The molecule has 0 bridgehead atoms. The third kappa shape index (κ3) is 3.02. The Morgan fingerprint density at radius 1 is 1.44 bits per heavy atom. The number of hydrogen-bond acceptors (Lipinski definition) is 3. The van der Waals surface area contributed by atoms with Gasteiger partial charge in [-0.1, -0.05) is 6.07 Å². The quantitative estimate of drug-likeness (QED) is 0.580. The van der Waals surface area contributed by atoms with Gasteiger partial charge in [0.25, 0.3) is 5.91 Å². The van der Waals surface area contributed by atoms with Gasteiger partial charge in [-0.25, -0.2) is 4.79 Å². The van der Waals surface area contributed by atoms with E-state index in [1.54, 1.807) is 12.1 Å². The molecule has 1 fully saturated rings. The van der Waals surface area contributed by atoms with E-state index >= 15 is 0 Å². The molecule has 1 heterocycles. The lowest BCUT2D eigenvalue weighted by molar-refractivity contribution is -0.656. The summed E-state index contributed by atoms with van der Waals surface area (Å²) in [6, 6.07) is 6.09. The monoisotopic (exact) mass is 267 g/mol. The van der Waals surface area contributed by atoms with E-state index in [9.17, 15) is 9.59 Å². The smallest absolute Gasteiger partial charge is 0.335 e. The zero-order valence-corrected chi connectivity index (χ0v) is 10.6. The van der Waals surface area contributed by atoms with Crippen molar-refractivity contribution in [2.45, 2.75) is 17.7 Å². The predicted molar refractivity (Wildman–Crippen MR) is 70.0 cm³/mol. The number of hydrogen-bond donors (Lipinski definition) is 4. The zero-order valence-electron chi connectivity index (χ0n) is 9.67. The highest BCUT2D eigenvalue weighted by Crippen LogP contribution is 2.13. The number of nitrogens with two attached hydrogens (primary N) is 1. The maximum absolute atomic E-state index is 11.9. The molecule has 0 aromatic heterocycles. The minimum atomic E-state index is -1.01. The molecule has 1 saturated heterocycles. The Balaban J connectivity index is 2.03. The van der Waals surface area contributed by atoms with Crippen molar-refractivity contribution < 1.29 is 20.0 Å². The minimum absolute atomic E-state index is 0.103. The molecule has 0 aliphatic carbocycles. The van der Waals surface area contributed by atoms with E-state index in [0.29, 0.717) is 5.69 Å². The van der Waals surface area contributed by atoms with Crippen LogP contribution in [-0.2, 0) is 4.79 Å². The Kier molecular flexibility index (Phi) is 3.88. The summed E-state index contributed by atoms with van der Waals surface area (Å²) in [5.41, 5.74) is 0.672. The number of thiol groups is 1. The average molecular weight is 267 g/mol. The van der Waals surface area contributed by atoms with E-state index in [-0.39, 0.29) is 22.8 Å². The van der Waals surface area contributed by atoms with Crippen LogP contribution in [0.1, 0.15) is 16.8 Å². The zero-order chi connectivity index (χ0) is 13.1. The van der Waals surface area contributed by atoms with Gasteiger partial charge >= 0.3 is 5.97 Å².